The van der Waals surface area contributed by atoms with Crippen molar-refractivity contribution in [3.8, 4) is 0 Å². The molecule has 1 saturated heterocycles. The lowest BCUT2D eigenvalue weighted by Crippen LogP contribution is -2.48. The van der Waals surface area contributed by atoms with Gasteiger partial charge in [0.05, 0.1) is 12.4 Å². The lowest BCUT2D eigenvalue weighted by atomic mass is 10.1. The molecule has 26 heavy (non-hydrogen) atoms. The standard InChI is InChI=1S/C19H24FN5O/c1-2-24-9-11-25(12-10-24)19(26)17-13-23-18(14-22-17)21-8-7-15-5-3-4-6-16(15)20/h3-6,13-14H,2,7-12H2,1H3,(H,21,23). The van der Waals surface area contributed by atoms with Crippen molar-refractivity contribution in [1.29, 1.82) is 0 Å². The maximum Gasteiger partial charge on any atom is 0.274 e. The summed E-state index contributed by atoms with van der Waals surface area (Å²) in [5.41, 5.74) is 1.01. The maximum atomic E-state index is 13.6. The first-order valence-electron chi connectivity index (χ1n) is 8.98. The molecule has 1 N–H and O–H groups in total. The third-order valence-electron chi connectivity index (χ3n) is 4.64. The Hall–Kier alpha value is -2.54. The summed E-state index contributed by atoms with van der Waals surface area (Å²) in [4.78, 5) is 25.1. The average Bonchev–Trinajstić information content (AvgIpc) is 2.69. The van der Waals surface area contributed by atoms with Crippen LogP contribution < -0.4 is 5.32 Å². The molecule has 7 heteroatoms. The number of nitrogens with zero attached hydrogens (tertiary/aromatic N) is 4. The molecule has 0 saturated carbocycles. The summed E-state index contributed by atoms with van der Waals surface area (Å²) in [5, 5.41) is 3.11. The van der Waals surface area contributed by atoms with Crippen LogP contribution >= 0.6 is 0 Å². The summed E-state index contributed by atoms with van der Waals surface area (Å²) in [7, 11) is 0. The number of nitrogens with one attached hydrogen (secondary N) is 1. The fourth-order valence-corrected chi connectivity index (χ4v) is 2.99. The van der Waals surface area contributed by atoms with E-state index >= 15 is 0 Å². The summed E-state index contributed by atoms with van der Waals surface area (Å²) >= 11 is 0. The third kappa shape index (κ3) is 4.54. The molecule has 1 aliphatic heterocycles. The van der Waals surface area contributed by atoms with Gasteiger partial charge in [0.2, 0.25) is 0 Å². The Bertz CT molecular complexity index is 729. The molecule has 1 aromatic heterocycles. The second-order valence-corrected chi connectivity index (χ2v) is 6.28. The summed E-state index contributed by atoms with van der Waals surface area (Å²) in [5.74, 6) is 0.296. The van der Waals surface area contributed by atoms with Gasteiger partial charge in [-0.2, -0.15) is 0 Å². The van der Waals surface area contributed by atoms with Crippen LogP contribution in [0.1, 0.15) is 23.0 Å². The first-order valence-corrected chi connectivity index (χ1v) is 8.98. The number of halogens is 1. The lowest BCUT2D eigenvalue weighted by Gasteiger charge is -2.33. The van der Waals surface area contributed by atoms with Gasteiger partial charge < -0.3 is 15.1 Å². The minimum atomic E-state index is -0.204. The summed E-state index contributed by atoms with van der Waals surface area (Å²) < 4.78 is 13.6. The van der Waals surface area contributed by atoms with E-state index in [0.717, 1.165) is 32.7 Å². The van der Waals surface area contributed by atoms with E-state index < -0.39 is 0 Å². The predicted molar refractivity (Wildman–Crippen MR) is 98.6 cm³/mol. The van der Waals surface area contributed by atoms with Crippen molar-refractivity contribution in [2.24, 2.45) is 0 Å². The van der Waals surface area contributed by atoms with Gasteiger partial charge in [-0.1, -0.05) is 25.1 Å². The largest absolute Gasteiger partial charge is 0.368 e. The average molecular weight is 357 g/mol. The lowest BCUT2D eigenvalue weighted by molar-refractivity contribution is 0.0637. The van der Waals surface area contributed by atoms with Crippen molar-refractivity contribution in [2.45, 2.75) is 13.3 Å². The molecule has 138 valence electrons. The van der Waals surface area contributed by atoms with Gasteiger partial charge in [-0.25, -0.2) is 14.4 Å². The Balaban J connectivity index is 1.50. The van der Waals surface area contributed by atoms with Gasteiger partial charge in [0, 0.05) is 32.7 Å². The van der Waals surface area contributed by atoms with E-state index in [1.807, 2.05) is 11.0 Å². The zero-order valence-electron chi connectivity index (χ0n) is 15.0. The number of likely N-dealkylation sites (N-methyl/N-ethyl adjacent to an activating group) is 1. The minimum absolute atomic E-state index is 0.0776. The van der Waals surface area contributed by atoms with Gasteiger partial charge >= 0.3 is 0 Å². The second-order valence-electron chi connectivity index (χ2n) is 6.28. The Morgan fingerprint density at radius 2 is 1.92 bits per heavy atom. The topological polar surface area (TPSA) is 61.4 Å². The number of anilines is 1. The van der Waals surface area contributed by atoms with Gasteiger partial charge in [-0.3, -0.25) is 4.79 Å². The molecule has 1 amide bonds. The Kier molecular flexibility index (Phi) is 6.12. The molecule has 0 unspecified atom stereocenters. The van der Waals surface area contributed by atoms with E-state index in [0.29, 0.717) is 30.0 Å². The highest BCUT2D eigenvalue weighted by Crippen LogP contribution is 2.10. The zero-order valence-corrected chi connectivity index (χ0v) is 15.0. The van der Waals surface area contributed by atoms with Crippen molar-refractivity contribution in [3.05, 3.63) is 53.7 Å². The third-order valence-corrected chi connectivity index (χ3v) is 4.64. The molecule has 1 aromatic carbocycles. The van der Waals surface area contributed by atoms with Gasteiger partial charge in [-0.15, -0.1) is 0 Å². The van der Waals surface area contributed by atoms with E-state index in [4.69, 9.17) is 0 Å². The molecule has 0 atom stereocenters. The summed E-state index contributed by atoms with van der Waals surface area (Å²) in [6.07, 6.45) is 3.60. The van der Waals surface area contributed by atoms with E-state index in [1.165, 1.54) is 12.3 Å². The Morgan fingerprint density at radius 3 is 2.58 bits per heavy atom. The van der Waals surface area contributed by atoms with Gasteiger partial charge in [0.15, 0.2) is 0 Å². The van der Waals surface area contributed by atoms with Crippen molar-refractivity contribution in [3.63, 3.8) is 0 Å². The van der Waals surface area contributed by atoms with Crippen LogP contribution in [0.25, 0.3) is 0 Å². The van der Waals surface area contributed by atoms with Crippen LogP contribution in [0, 0.1) is 5.82 Å². The Morgan fingerprint density at radius 1 is 1.15 bits per heavy atom. The number of benzene rings is 1. The number of piperazine rings is 1. The maximum absolute atomic E-state index is 13.6. The first kappa shape index (κ1) is 18.3. The van der Waals surface area contributed by atoms with Crippen LogP contribution in [0.4, 0.5) is 10.2 Å². The van der Waals surface area contributed by atoms with Crippen LogP contribution in [0.2, 0.25) is 0 Å². The number of hydrogen-bond acceptors (Lipinski definition) is 5. The van der Waals surface area contributed by atoms with Gasteiger partial charge in [0.25, 0.3) is 5.91 Å². The highest BCUT2D eigenvalue weighted by Gasteiger charge is 2.22. The fraction of sp³-hybridized carbons (Fsp3) is 0.421. The zero-order chi connectivity index (χ0) is 18.4. The highest BCUT2D eigenvalue weighted by atomic mass is 19.1. The number of aromatic nitrogens is 2. The van der Waals surface area contributed by atoms with Crippen molar-refractivity contribution in [2.75, 3.05) is 44.6 Å². The molecule has 3 rings (SSSR count). The number of carbonyl (C=O) groups is 1. The van der Waals surface area contributed by atoms with Gasteiger partial charge in [-0.05, 0) is 24.6 Å². The first-order chi connectivity index (χ1) is 12.7. The number of hydrogen-bond donors (Lipinski definition) is 1. The normalized spacial score (nSPS) is 15.1. The molecule has 6 nitrogen and oxygen atoms in total. The summed E-state index contributed by atoms with van der Waals surface area (Å²) in [6.45, 7) is 6.91. The smallest absolute Gasteiger partial charge is 0.274 e. The van der Waals surface area contributed by atoms with E-state index in [2.05, 4.69) is 27.1 Å². The molecular weight excluding hydrogens is 333 g/mol. The van der Waals surface area contributed by atoms with E-state index in [9.17, 15) is 9.18 Å². The molecular formula is C19H24FN5O. The molecule has 1 aliphatic rings. The SMILES string of the molecule is CCN1CCN(C(=O)c2cnc(NCCc3ccccc3F)cn2)CC1. The number of amides is 1. The number of carbonyl (C=O) groups excluding carboxylic acids is 1. The van der Waals surface area contributed by atoms with Crippen molar-refractivity contribution >= 4 is 11.7 Å². The van der Waals surface area contributed by atoms with Crippen LogP contribution in [0.5, 0.6) is 0 Å². The second kappa shape index (κ2) is 8.71. The monoisotopic (exact) mass is 357 g/mol. The molecule has 0 radical (unpaired) electrons. The van der Waals surface area contributed by atoms with E-state index in [1.54, 1.807) is 18.3 Å². The quantitative estimate of drug-likeness (QED) is 0.857. The van der Waals surface area contributed by atoms with Crippen LogP contribution in [0.3, 0.4) is 0 Å². The highest BCUT2D eigenvalue weighted by molar-refractivity contribution is 5.92. The van der Waals surface area contributed by atoms with Crippen LogP contribution in [-0.4, -0.2) is 64.9 Å². The fourth-order valence-electron chi connectivity index (χ4n) is 2.99. The summed E-state index contributed by atoms with van der Waals surface area (Å²) in [6, 6.07) is 6.72. The molecule has 1 fully saturated rings. The van der Waals surface area contributed by atoms with E-state index in [-0.39, 0.29) is 11.7 Å². The van der Waals surface area contributed by atoms with Crippen molar-refractivity contribution < 1.29 is 9.18 Å². The number of rotatable bonds is 6. The molecule has 0 spiro atoms. The van der Waals surface area contributed by atoms with Gasteiger partial charge in [0.1, 0.15) is 17.3 Å². The van der Waals surface area contributed by atoms with Crippen LogP contribution in [-0.2, 0) is 6.42 Å². The molecule has 0 aliphatic carbocycles. The molecule has 2 aromatic rings. The molecule has 2 heterocycles. The van der Waals surface area contributed by atoms with Crippen molar-refractivity contribution in [1.82, 2.24) is 19.8 Å². The minimum Gasteiger partial charge on any atom is -0.368 e. The molecule has 0 bridgehead atoms. The Labute approximate surface area is 153 Å². The van der Waals surface area contributed by atoms with Crippen LogP contribution in [0.15, 0.2) is 36.7 Å². The predicted octanol–water partition coefficient (Wildman–Crippen LogP) is 2.05.